The van der Waals surface area contributed by atoms with Gasteiger partial charge in [0.05, 0.1) is 18.0 Å². The quantitative estimate of drug-likeness (QED) is 0.576. The van der Waals surface area contributed by atoms with Crippen molar-refractivity contribution in [2.24, 2.45) is 0 Å². The second-order valence-electron chi connectivity index (χ2n) is 4.12. The van der Waals surface area contributed by atoms with Crippen LogP contribution in [0.3, 0.4) is 0 Å². The number of benzene rings is 1. The van der Waals surface area contributed by atoms with E-state index in [1.54, 1.807) is 0 Å². The number of amides is 1. The first-order valence-electron chi connectivity index (χ1n) is 5.94. The van der Waals surface area contributed by atoms with Crippen molar-refractivity contribution < 1.29 is 27.1 Å². The van der Waals surface area contributed by atoms with Crippen LogP contribution in [0.4, 0.5) is 15.8 Å². The van der Waals surface area contributed by atoms with Crippen LogP contribution in [0, 0.1) is 5.82 Å². The Morgan fingerprint density at radius 1 is 1.33 bits per heavy atom. The van der Waals surface area contributed by atoms with Crippen LogP contribution >= 0.6 is 0 Å². The van der Waals surface area contributed by atoms with E-state index in [0.29, 0.717) is 0 Å². The molecule has 7 nitrogen and oxygen atoms in total. The zero-order valence-electron chi connectivity index (χ0n) is 11.3. The molecule has 0 heterocycles. The molecule has 1 aromatic carbocycles. The molecule has 9 heteroatoms. The van der Waals surface area contributed by atoms with Crippen molar-refractivity contribution in [1.29, 1.82) is 0 Å². The Morgan fingerprint density at radius 3 is 2.62 bits per heavy atom. The molecule has 1 amide bonds. The highest BCUT2D eigenvalue weighted by Crippen LogP contribution is 2.19. The van der Waals surface area contributed by atoms with E-state index in [2.05, 4.69) is 10.1 Å². The average molecular weight is 318 g/mol. The summed E-state index contributed by atoms with van der Waals surface area (Å²) in [7, 11) is -3.97. The summed E-state index contributed by atoms with van der Waals surface area (Å²) in [5, 5.41) is 2.18. The lowest BCUT2D eigenvalue weighted by molar-refractivity contribution is -0.139. The molecule has 0 fully saturated rings. The fourth-order valence-electron chi connectivity index (χ4n) is 1.46. The summed E-state index contributed by atoms with van der Waals surface area (Å²) in [6.45, 7) is 1.57. The molecule has 0 radical (unpaired) electrons. The number of anilines is 2. The third-order valence-electron chi connectivity index (χ3n) is 2.28. The van der Waals surface area contributed by atoms with Gasteiger partial charge in [-0.3, -0.25) is 9.59 Å². The first kappa shape index (κ1) is 16.9. The first-order valence-corrected chi connectivity index (χ1v) is 7.76. The van der Waals surface area contributed by atoms with Crippen molar-refractivity contribution >= 4 is 33.1 Å². The SMILES string of the molecule is CCOC(=O)CS(=O)(=O)CC(=O)Nc1cc(F)ccc1N. The maximum atomic E-state index is 13.0. The molecule has 0 aromatic heterocycles. The molecule has 0 spiro atoms. The fraction of sp³-hybridized carbons (Fsp3) is 0.333. The molecule has 1 aromatic rings. The summed E-state index contributed by atoms with van der Waals surface area (Å²) in [4.78, 5) is 22.7. The number of rotatable bonds is 6. The third-order valence-corrected chi connectivity index (χ3v) is 3.66. The normalized spacial score (nSPS) is 11.0. The van der Waals surface area contributed by atoms with Crippen molar-refractivity contribution in [2.45, 2.75) is 6.92 Å². The van der Waals surface area contributed by atoms with Crippen molar-refractivity contribution in [3.05, 3.63) is 24.0 Å². The first-order chi connectivity index (χ1) is 9.73. The van der Waals surface area contributed by atoms with Gasteiger partial charge in [0.2, 0.25) is 5.91 Å². The molecule has 0 bridgehead atoms. The van der Waals surface area contributed by atoms with Gasteiger partial charge in [-0.1, -0.05) is 0 Å². The minimum atomic E-state index is -3.97. The van der Waals surface area contributed by atoms with Crippen LogP contribution in [0.15, 0.2) is 18.2 Å². The van der Waals surface area contributed by atoms with E-state index in [-0.39, 0.29) is 18.0 Å². The summed E-state index contributed by atoms with van der Waals surface area (Å²) < 4.78 is 40.7. The molecule has 0 aliphatic rings. The molecule has 0 atom stereocenters. The third kappa shape index (κ3) is 5.78. The van der Waals surface area contributed by atoms with Gasteiger partial charge >= 0.3 is 5.97 Å². The highest BCUT2D eigenvalue weighted by atomic mass is 32.2. The van der Waals surface area contributed by atoms with Crippen LogP contribution in [-0.2, 0) is 24.2 Å². The number of carbonyl (C=O) groups excluding carboxylic acids is 2. The summed E-state index contributed by atoms with van der Waals surface area (Å²) in [5.41, 5.74) is 5.57. The lowest BCUT2D eigenvalue weighted by Crippen LogP contribution is -2.28. The topological polar surface area (TPSA) is 116 Å². The van der Waals surface area contributed by atoms with Crippen LogP contribution in [0.1, 0.15) is 6.92 Å². The smallest absolute Gasteiger partial charge is 0.321 e. The van der Waals surface area contributed by atoms with Gasteiger partial charge in [0, 0.05) is 0 Å². The summed E-state index contributed by atoms with van der Waals surface area (Å²) in [6, 6.07) is 3.30. The Hall–Kier alpha value is -2.16. The Balaban J connectivity index is 2.68. The molecule has 0 unspecified atom stereocenters. The number of sulfone groups is 1. The Morgan fingerprint density at radius 2 is 2.00 bits per heavy atom. The molecule has 3 N–H and O–H groups in total. The van der Waals surface area contributed by atoms with Crippen LogP contribution in [-0.4, -0.2) is 38.4 Å². The Bertz CT molecular complexity index is 645. The molecule has 116 valence electrons. The number of esters is 1. The van der Waals surface area contributed by atoms with Crippen LogP contribution in [0.2, 0.25) is 0 Å². The molecular weight excluding hydrogens is 303 g/mol. The number of hydrogen-bond donors (Lipinski definition) is 2. The predicted molar refractivity (Wildman–Crippen MR) is 74.7 cm³/mol. The van der Waals surface area contributed by atoms with E-state index in [1.807, 2.05) is 0 Å². The maximum absolute atomic E-state index is 13.0. The lowest BCUT2D eigenvalue weighted by atomic mass is 10.2. The molecule has 0 aliphatic heterocycles. The molecular formula is C12H15FN2O5S. The second kappa shape index (κ2) is 7.02. The minimum absolute atomic E-state index is 0.0358. The Kier molecular flexibility index (Phi) is 5.65. The van der Waals surface area contributed by atoms with Crippen molar-refractivity contribution in [2.75, 3.05) is 29.2 Å². The lowest BCUT2D eigenvalue weighted by Gasteiger charge is -2.08. The van der Waals surface area contributed by atoms with Crippen LogP contribution < -0.4 is 11.1 Å². The zero-order chi connectivity index (χ0) is 16.0. The standard InChI is InChI=1S/C12H15FN2O5S/c1-2-20-12(17)7-21(18,19)6-11(16)15-10-5-8(13)3-4-9(10)14/h3-5H,2,6-7,14H2,1H3,(H,15,16). The zero-order valence-corrected chi connectivity index (χ0v) is 12.1. The van der Waals surface area contributed by atoms with Crippen LogP contribution in [0.5, 0.6) is 0 Å². The number of hydrogen-bond acceptors (Lipinski definition) is 6. The number of nitrogens with one attached hydrogen (secondary N) is 1. The number of carbonyl (C=O) groups is 2. The van der Waals surface area contributed by atoms with Gasteiger partial charge in [0.25, 0.3) is 0 Å². The van der Waals surface area contributed by atoms with E-state index in [9.17, 15) is 22.4 Å². The largest absolute Gasteiger partial charge is 0.465 e. The molecule has 1 rings (SSSR count). The van der Waals surface area contributed by atoms with Crippen LogP contribution in [0.25, 0.3) is 0 Å². The molecule has 0 saturated heterocycles. The van der Waals surface area contributed by atoms with Gasteiger partial charge in [0.15, 0.2) is 9.84 Å². The fourth-order valence-corrected chi connectivity index (χ4v) is 2.47. The van der Waals surface area contributed by atoms with Gasteiger partial charge in [-0.05, 0) is 25.1 Å². The van der Waals surface area contributed by atoms with E-state index in [4.69, 9.17) is 5.73 Å². The summed E-state index contributed by atoms with van der Waals surface area (Å²) in [5.74, 6) is -4.31. The Labute approximate surface area is 121 Å². The minimum Gasteiger partial charge on any atom is -0.465 e. The van der Waals surface area contributed by atoms with Crippen molar-refractivity contribution in [3.8, 4) is 0 Å². The predicted octanol–water partition coefficient (Wildman–Crippen LogP) is 0.324. The van der Waals surface area contributed by atoms with Gasteiger partial charge in [-0.2, -0.15) is 0 Å². The van der Waals surface area contributed by atoms with Gasteiger partial charge in [0.1, 0.15) is 17.3 Å². The summed E-state index contributed by atoms with van der Waals surface area (Å²) >= 11 is 0. The monoisotopic (exact) mass is 318 g/mol. The number of ether oxygens (including phenoxy) is 1. The van der Waals surface area contributed by atoms with E-state index >= 15 is 0 Å². The second-order valence-corrected chi connectivity index (χ2v) is 6.18. The van der Waals surface area contributed by atoms with Gasteiger partial charge in [-0.15, -0.1) is 0 Å². The van der Waals surface area contributed by atoms with Gasteiger partial charge < -0.3 is 15.8 Å². The highest BCUT2D eigenvalue weighted by Gasteiger charge is 2.22. The molecule has 0 saturated carbocycles. The molecule has 0 aliphatic carbocycles. The number of halogens is 1. The van der Waals surface area contributed by atoms with Gasteiger partial charge in [-0.25, -0.2) is 12.8 Å². The van der Waals surface area contributed by atoms with Crippen molar-refractivity contribution in [3.63, 3.8) is 0 Å². The number of nitrogens with two attached hydrogens (primary N) is 1. The highest BCUT2D eigenvalue weighted by molar-refractivity contribution is 7.92. The van der Waals surface area contributed by atoms with Crippen molar-refractivity contribution in [1.82, 2.24) is 0 Å². The summed E-state index contributed by atoms with van der Waals surface area (Å²) in [6.07, 6.45) is 0. The molecule has 21 heavy (non-hydrogen) atoms. The van der Waals surface area contributed by atoms with E-state index < -0.39 is 39.0 Å². The number of nitrogen functional groups attached to an aromatic ring is 1. The van der Waals surface area contributed by atoms with E-state index in [1.165, 1.54) is 13.0 Å². The van der Waals surface area contributed by atoms with E-state index in [0.717, 1.165) is 12.1 Å². The maximum Gasteiger partial charge on any atom is 0.321 e. The average Bonchev–Trinajstić information content (AvgIpc) is 2.32.